The number of ether oxygens (including phenoxy) is 2. The van der Waals surface area contributed by atoms with Crippen LogP contribution in [0.1, 0.15) is 78.2 Å². The van der Waals surface area contributed by atoms with Gasteiger partial charge in [-0.3, -0.25) is 9.59 Å². The van der Waals surface area contributed by atoms with Gasteiger partial charge in [-0.05, 0) is 50.1 Å². The Bertz CT molecular complexity index is 1530. The van der Waals surface area contributed by atoms with Gasteiger partial charge >= 0.3 is 6.18 Å². The quantitative estimate of drug-likeness (QED) is 0.397. The van der Waals surface area contributed by atoms with Gasteiger partial charge in [0.15, 0.2) is 5.69 Å². The molecule has 0 aromatic carbocycles. The molecule has 13 nitrogen and oxygen atoms in total. The summed E-state index contributed by atoms with van der Waals surface area (Å²) in [7, 11) is 0. The molecule has 0 bridgehead atoms. The van der Waals surface area contributed by atoms with E-state index in [0.717, 1.165) is 0 Å². The van der Waals surface area contributed by atoms with Gasteiger partial charge < -0.3 is 19.7 Å². The molecule has 3 aromatic heterocycles. The minimum Gasteiger partial charge on any atom is -0.377 e. The minimum atomic E-state index is -4.30. The van der Waals surface area contributed by atoms with Crippen molar-refractivity contribution in [1.29, 1.82) is 0 Å². The lowest BCUT2D eigenvalue weighted by Crippen LogP contribution is -2.50. The van der Waals surface area contributed by atoms with Gasteiger partial charge in [-0.25, -0.2) is 27.9 Å². The highest BCUT2D eigenvalue weighted by Gasteiger charge is 2.44. The van der Waals surface area contributed by atoms with Crippen LogP contribution in [0.25, 0.3) is 5.78 Å². The highest BCUT2D eigenvalue weighted by atomic mass is 19.4. The maximum atomic E-state index is 13.6. The van der Waals surface area contributed by atoms with Crippen LogP contribution in [-0.4, -0.2) is 91.2 Å². The van der Waals surface area contributed by atoms with Gasteiger partial charge in [-0.15, -0.1) is 0 Å². The number of aromatic nitrogens is 6. The van der Waals surface area contributed by atoms with E-state index in [9.17, 15) is 31.5 Å². The monoisotopic (exact) mass is 642 g/mol. The summed E-state index contributed by atoms with van der Waals surface area (Å²) in [6, 6.07) is -1.49. The van der Waals surface area contributed by atoms with Crippen molar-refractivity contribution in [2.75, 3.05) is 26.4 Å². The average Bonchev–Trinajstić information content (AvgIpc) is 3.64. The van der Waals surface area contributed by atoms with Gasteiger partial charge in [-0.1, -0.05) is 5.16 Å². The smallest absolute Gasteiger partial charge is 0.377 e. The van der Waals surface area contributed by atoms with Crippen LogP contribution in [0.2, 0.25) is 0 Å². The number of halogens is 5. The third-order valence-electron chi connectivity index (χ3n) is 8.71. The van der Waals surface area contributed by atoms with Crippen molar-refractivity contribution >= 4 is 17.6 Å². The van der Waals surface area contributed by atoms with E-state index in [4.69, 9.17) is 9.47 Å². The minimum absolute atomic E-state index is 0.0565. The van der Waals surface area contributed by atoms with Gasteiger partial charge in [-0.2, -0.15) is 18.3 Å². The molecule has 5 heterocycles. The zero-order valence-corrected chi connectivity index (χ0v) is 24.2. The first-order valence-electron chi connectivity index (χ1n) is 14.7. The first-order valence-corrected chi connectivity index (χ1v) is 14.7. The second-order valence-electron chi connectivity index (χ2n) is 11.7. The Kier molecular flexibility index (Phi) is 8.45. The largest absolute Gasteiger partial charge is 0.391 e. The standard InChI is InChI=1S/C27H31F5N8O5/c1-14-21(38-45-37-14)23(41)36-22(15-2-4-16(5-3-15)27(30,31)32)18-11-40-25(35-18)34-17(10-33-40)19-12-43-9-8-39(19)24(42)20-6-7-26(28,29)13-44-20/h10-11,15-16,19-20,22H,2-9,12-13H2,1H3,(H,36,41)/t15-,16-,19-,20-,22-/m0/s1. The van der Waals surface area contributed by atoms with Gasteiger partial charge in [0.05, 0.1) is 55.0 Å². The zero-order chi connectivity index (χ0) is 31.9. The molecule has 2 saturated heterocycles. The summed E-state index contributed by atoms with van der Waals surface area (Å²) in [5.74, 6) is -5.71. The molecule has 45 heavy (non-hydrogen) atoms. The molecule has 3 aromatic rings. The molecule has 2 aliphatic heterocycles. The molecule has 3 atom stereocenters. The van der Waals surface area contributed by atoms with Crippen molar-refractivity contribution in [2.24, 2.45) is 11.8 Å². The number of aryl methyl sites for hydroxylation is 1. The topological polar surface area (TPSA) is 150 Å². The molecule has 18 heteroatoms. The van der Waals surface area contributed by atoms with Crippen LogP contribution in [0.15, 0.2) is 17.0 Å². The summed E-state index contributed by atoms with van der Waals surface area (Å²) in [4.78, 5) is 37.1. The second kappa shape index (κ2) is 12.2. The number of carbonyl (C=O) groups is 2. The van der Waals surface area contributed by atoms with Crippen LogP contribution >= 0.6 is 0 Å². The first-order chi connectivity index (χ1) is 21.4. The predicted octanol–water partition coefficient (Wildman–Crippen LogP) is 3.37. The van der Waals surface area contributed by atoms with Crippen LogP contribution in [-0.2, 0) is 14.3 Å². The van der Waals surface area contributed by atoms with E-state index in [1.165, 1.54) is 28.7 Å². The van der Waals surface area contributed by atoms with E-state index in [1.54, 1.807) is 0 Å². The number of nitrogens with zero attached hydrogens (tertiary/aromatic N) is 7. The fraction of sp³-hybridized carbons (Fsp3) is 0.667. The maximum Gasteiger partial charge on any atom is 0.391 e. The van der Waals surface area contributed by atoms with E-state index >= 15 is 0 Å². The number of morpholine rings is 1. The number of fused-ring (bicyclic) bond motifs is 1. The van der Waals surface area contributed by atoms with Crippen molar-refractivity contribution in [3.8, 4) is 0 Å². The van der Waals surface area contributed by atoms with Gasteiger partial charge in [0.1, 0.15) is 18.4 Å². The molecule has 0 radical (unpaired) electrons. The molecular weight excluding hydrogens is 611 g/mol. The SMILES string of the molecule is Cc1nonc1C(=O)N[C@H](c1cn2ncc([C@@H]3COCCN3C(=O)[C@@H]3CCC(F)(F)CO3)nc2n1)[C@H]1CC[C@H](C(F)(F)F)CC1. The van der Waals surface area contributed by atoms with E-state index < -0.39 is 61.0 Å². The molecule has 1 N–H and O–H groups in total. The Morgan fingerprint density at radius 2 is 1.89 bits per heavy atom. The summed E-state index contributed by atoms with van der Waals surface area (Å²) in [5.41, 5.74) is 0.856. The number of hydrogen-bond donors (Lipinski definition) is 1. The number of imidazole rings is 1. The van der Waals surface area contributed by atoms with Gasteiger partial charge in [0.2, 0.25) is 0 Å². The van der Waals surface area contributed by atoms with Gasteiger partial charge in [0.25, 0.3) is 23.5 Å². The average molecular weight is 643 g/mol. The number of nitrogens with one attached hydrogen (secondary N) is 1. The molecule has 3 aliphatic rings. The Balaban J connectivity index is 1.25. The first kappa shape index (κ1) is 31.2. The van der Waals surface area contributed by atoms with E-state index in [0.29, 0.717) is 11.4 Å². The molecule has 0 spiro atoms. The van der Waals surface area contributed by atoms with Crippen LogP contribution in [0.3, 0.4) is 0 Å². The molecule has 244 valence electrons. The van der Waals surface area contributed by atoms with Crippen molar-refractivity contribution < 1.29 is 45.6 Å². The predicted molar refractivity (Wildman–Crippen MR) is 141 cm³/mol. The number of hydrogen-bond acceptors (Lipinski definition) is 10. The van der Waals surface area contributed by atoms with E-state index in [-0.39, 0.29) is 74.9 Å². The molecule has 2 amide bonds. The maximum absolute atomic E-state index is 13.6. The van der Waals surface area contributed by atoms with Gasteiger partial charge in [0, 0.05) is 13.0 Å². The normalized spacial score (nSPS) is 26.5. The lowest BCUT2D eigenvalue weighted by atomic mass is 9.77. The van der Waals surface area contributed by atoms with Crippen molar-refractivity contribution in [3.05, 3.63) is 35.2 Å². The molecule has 1 aliphatic carbocycles. The molecule has 1 saturated carbocycles. The van der Waals surface area contributed by atoms with Crippen molar-refractivity contribution in [1.82, 2.24) is 40.1 Å². The third-order valence-corrected chi connectivity index (χ3v) is 8.71. The zero-order valence-electron chi connectivity index (χ0n) is 24.2. The number of carbonyl (C=O) groups excluding carboxylic acids is 2. The third kappa shape index (κ3) is 6.61. The van der Waals surface area contributed by atoms with Crippen LogP contribution < -0.4 is 5.32 Å². The second-order valence-corrected chi connectivity index (χ2v) is 11.7. The Labute approximate surface area is 252 Å². The van der Waals surface area contributed by atoms with Crippen molar-refractivity contribution in [3.63, 3.8) is 0 Å². The Morgan fingerprint density at radius 1 is 1.11 bits per heavy atom. The highest BCUT2D eigenvalue weighted by molar-refractivity contribution is 5.93. The number of alkyl halides is 5. The van der Waals surface area contributed by atoms with E-state index in [2.05, 4.69) is 35.3 Å². The van der Waals surface area contributed by atoms with Crippen LogP contribution in [0, 0.1) is 18.8 Å². The Hall–Kier alpha value is -3.80. The van der Waals surface area contributed by atoms with Crippen LogP contribution in [0.5, 0.6) is 0 Å². The van der Waals surface area contributed by atoms with E-state index in [1.807, 2.05) is 0 Å². The van der Waals surface area contributed by atoms with Crippen LogP contribution in [0.4, 0.5) is 22.0 Å². The summed E-state index contributed by atoms with van der Waals surface area (Å²) in [6.07, 6.45) is -2.71. The number of amides is 2. The highest BCUT2D eigenvalue weighted by Crippen LogP contribution is 2.43. The summed E-state index contributed by atoms with van der Waals surface area (Å²) in [5, 5.41) is 14.5. The molecule has 0 unspecified atom stereocenters. The summed E-state index contributed by atoms with van der Waals surface area (Å²) < 4.78 is 84.1. The lowest BCUT2D eigenvalue weighted by Gasteiger charge is -2.38. The number of rotatable bonds is 6. The fourth-order valence-electron chi connectivity index (χ4n) is 6.19. The lowest BCUT2D eigenvalue weighted by molar-refractivity contribution is -0.184. The summed E-state index contributed by atoms with van der Waals surface area (Å²) in [6.45, 7) is 1.22. The van der Waals surface area contributed by atoms with Crippen molar-refractivity contribution in [2.45, 2.75) is 75.7 Å². The molecule has 6 rings (SSSR count). The summed E-state index contributed by atoms with van der Waals surface area (Å²) >= 11 is 0. The fourth-order valence-corrected chi connectivity index (χ4v) is 6.19. The Morgan fingerprint density at radius 3 is 2.56 bits per heavy atom. The molecular formula is C27H31F5N8O5. The molecule has 3 fully saturated rings.